The van der Waals surface area contributed by atoms with E-state index in [-0.39, 0.29) is 5.56 Å². The Hall–Kier alpha value is -4.50. The molecule has 3 aromatic carbocycles. The molecule has 0 radical (unpaired) electrons. The number of carbonyl (C=O) groups is 2. The number of anilines is 1. The Morgan fingerprint density at radius 3 is 2.18 bits per heavy atom. The first-order valence-corrected chi connectivity index (χ1v) is 11.8. The Kier molecular flexibility index (Phi) is 8.18. The molecule has 38 heavy (non-hydrogen) atoms. The number of nitrogens with one attached hydrogen (secondary N) is 1. The van der Waals surface area contributed by atoms with E-state index in [0.29, 0.717) is 55.9 Å². The topological polar surface area (TPSA) is 105 Å². The van der Waals surface area contributed by atoms with Crippen molar-refractivity contribution in [3.63, 3.8) is 0 Å². The zero-order valence-corrected chi connectivity index (χ0v) is 21.9. The van der Waals surface area contributed by atoms with Crippen LogP contribution in [0, 0.1) is 0 Å². The van der Waals surface area contributed by atoms with Gasteiger partial charge in [-0.3, -0.25) is 4.79 Å². The minimum Gasteiger partial charge on any atom is -0.495 e. The maximum absolute atomic E-state index is 13.2. The molecule has 1 amide bonds. The summed E-state index contributed by atoms with van der Waals surface area (Å²) in [5, 5.41) is 3.63. The van der Waals surface area contributed by atoms with Gasteiger partial charge in [0.05, 0.1) is 50.9 Å². The van der Waals surface area contributed by atoms with Crippen LogP contribution in [0.2, 0.25) is 5.02 Å². The number of para-hydroxylation sites is 1. The number of nitrogens with zero attached hydrogens (tertiary/aromatic N) is 1. The van der Waals surface area contributed by atoms with E-state index in [9.17, 15) is 9.59 Å². The molecule has 0 spiro atoms. The minimum absolute atomic E-state index is 0.243. The van der Waals surface area contributed by atoms with Crippen molar-refractivity contribution in [2.24, 2.45) is 0 Å². The molecule has 0 aliphatic carbocycles. The highest BCUT2D eigenvalue weighted by atomic mass is 35.5. The van der Waals surface area contributed by atoms with Crippen LogP contribution in [0.5, 0.6) is 23.0 Å². The number of methoxy groups -OCH3 is 4. The summed E-state index contributed by atoms with van der Waals surface area (Å²) in [6.45, 7) is -0.523. The normalized spacial score (nSPS) is 10.6. The van der Waals surface area contributed by atoms with E-state index in [1.54, 1.807) is 54.6 Å². The van der Waals surface area contributed by atoms with Crippen molar-refractivity contribution in [3.8, 4) is 34.3 Å². The van der Waals surface area contributed by atoms with Crippen LogP contribution in [0.15, 0.2) is 60.7 Å². The standard InChI is InChI=1S/C28H25ClN2O7/c1-34-23-10-9-17(29)13-22(23)31-26(32)15-38-28(33)19-14-21(30-20-8-6-5-7-18(19)20)16-11-24(35-2)27(37-4)25(12-16)36-3/h5-14H,15H2,1-4H3,(H,31,32). The third-order valence-electron chi connectivity index (χ3n) is 5.67. The Balaban J connectivity index is 1.64. The van der Waals surface area contributed by atoms with Gasteiger partial charge in [0.1, 0.15) is 5.75 Å². The lowest BCUT2D eigenvalue weighted by molar-refractivity contribution is -0.119. The smallest absolute Gasteiger partial charge is 0.339 e. The van der Waals surface area contributed by atoms with Gasteiger partial charge in [0.2, 0.25) is 5.75 Å². The summed E-state index contributed by atoms with van der Waals surface area (Å²) >= 11 is 6.02. The Labute approximate surface area is 224 Å². The first-order valence-electron chi connectivity index (χ1n) is 11.4. The average Bonchev–Trinajstić information content (AvgIpc) is 2.94. The second kappa shape index (κ2) is 11.7. The predicted octanol–water partition coefficient (Wildman–Crippen LogP) is 5.39. The van der Waals surface area contributed by atoms with E-state index in [1.165, 1.54) is 28.4 Å². The van der Waals surface area contributed by atoms with Gasteiger partial charge in [-0.25, -0.2) is 9.78 Å². The lowest BCUT2D eigenvalue weighted by Gasteiger charge is -2.15. The summed E-state index contributed by atoms with van der Waals surface area (Å²) in [6, 6.07) is 17.0. The number of amides is 1. The summed E-state index contributed by atoms with van der Waals surface area (Å²) in [6.07, 6.45) is 0. The highest BCUT2D eigenvalue weighted by Gasteiger charge is 2.20. The fourth-order valence-corrected chi connectivity index (χ4v) is 4.07. The van der Waals surface area contributed by atoms with Crippen LogP contribution in [0.1, 0.15) is 10.4 Å². The maximum atomic E-state index is 13.2. The molecule has 9 nitrogen and oxygen atoms in total. The van der Waals surface area contributed by atoms with Crippen molar-refractivity contribution < 1.29 is 33.3 Å². The van der Waals surface area contributed by atoms with Crippen molar-refractivity contribution in [2.75, 3.05) is 40.4 Å². The molecule has 0 aliphatic rings. The summed E-state index contributed by atoms with van der Waals surface area (Å²) in [7, 11) is 6.02. The lowest BCUT2D eigenvalue weighted by Crippen LogP contribution is -2.21. The number of carbonyl (C=O) groups excluding carboxylic acids is 2. The highest BCUT2D eigenvalue weighted by Crippen LogP contribution is 2.41. The van der Waals surface area contributed by atoms with Gasteiger partial charge >= 0.3 is 5.97 Å². The van der Waals surface area contributed by atoms with E-state index < -0.39 is 18.5 Å². The molecule has 4 rings (SSSR count). The summed E-state index contributed by atoms with van der Waals surface area (Å²) < 4.78 is 26.9. The molecule has 0 saturated heterocycles. The highest BCUT2D eigenvalue weighted by molar-refractivity contribution is 6.31. The molecular formula is C28H25ClN2O7. The molecule has 4 aromatic rings. The predicted molar refractivity (Wildman–Crippen MR) is 144 cm³/mol. The number of pyridine rings is 1. The molecule has 196 valence electrons. The number of hydrogen-bond acceptors (Lipinski definition) is 8. The molecule has 0 bridgehead atoms. The average molecular weight is 537 g/mol. The number of hydrogen-bond donors (Lipinski definition) is 1. The van der Waals surface area contributed by atoms with E-state index in [0.717, 1.165) is 0 Å². The molecule has 0 unspecified atom stereocenters. The van der Waals surface area contributed by atoms with Crippen LogP contribution in [-0.2, 0) is 9.53 Å². The van der Waals surface area contributed by atoms with Gasteiger partial charge in [-0.05, 0) is 42.5 Å². The fourth-order valence-electron chi connectivity index (χ4n) is 3.89. The van der Waals surface area contributed by atoms with Crippen LogP contribution >= 0.6 is 11.6 Å². The monoisotopic (exact) mass is 536 g/mol. The zero-order chi connectivity index (χ0) is 27.2. The third-order valence-corrected chi connectivity index (χ3v) is 5.90. The van der Waals surface area contributed by atoms with Crippen molar-refractivity contribution in [2.45, 2.75) is 0 Å². The van der Waals surface area contributed by atoms with Crippen molar-refractivity contribution in [1.29, 1.82) is 0 Å². The van der Waals surface area contributed by atoms with Crippen LogP contribution in [0.4, 0.5) is 5.69 Å². The van der Waals surface area contributed by atoms with Gasteiger partial charge in [-0.2, -0.15) is 0 Å². The van der Waals surface area contributed by atoms with Crippen LogP contribution in [-0.4, -0.2) is 51.9 Å². The first-order chi connectivity index (χ1) is 18.4. The Morgan fingerprint density at radius 1 is 0.842 bits per heavy atom. The van der Waals surface area contributed by atoms with E-state index in [1.807, 2.05) is 6.07 Å². The number of aromatic nitrogens is 1. The van der Waals surface area contributed by atoms with Crippen LogP contribution in [0.25, 0.3) is 22.2 Å². The van der Waals surface area contributed by atoms with Gasteiger partial charge in [0.15, 0.2) is 18.1 Å². The van der Waals surface area contributed by atoms with Crippen molar-refractivity contribution in [1.82, 2.24) is 4.98 Å². The number of fused-ring (bicyclic) bond motifs is 1. The minimum atomic E-state index is -0.689. The number of benzene rings is 3. The van der Waals surface area contributed by atoms with E-state index in [2.05, 4.69) is 5.32 Å². The van der Waals surface area contributed by atoms with Crippen molar-refractivity contribution >= 4 is 40.1 Å². The second-order valence-corrected chi connectivity index (χ2v) is 8.39. The Bertz CT molecular complexity index is 1480. The number of esters is 1. The van der Waals surface area contributed by atoms with Crippen LogP contribution in [0.3, 0.4) is 0 Å². The summed E-state index contributed by atoms with van der Waals surface area (Å²) in [4.78, 5) is 30.4. The molecule has 1 heterocycles. The van der Waals surface area contributed by atoms with Crippen LogP contribution < -0.4 is 24.3 Å². The first kappa shape index (κ1) is 26.6. The SMILES string of the molecule is COc1ccc(Cl)cc1NC(=O)COC(=O)c1cc(-c2cc(OC)c(OC)c(OC)c2)nc2ccccc12. The lowest BCUT2D eigenvalue weighted by atomic mass is 10.0. The molecule has 10 heteroatoms. The number of rotatable bonds is 9. The molecular weight excluding hydrogens is 512 g/mol. The summed E-state index contributed by atoms with van der Waals surface area (Å²) in [5.41, 5.74) is 2.28. The molecule has 0 saturated carbocycles. The quantitative estimate of drug-likeness (QED) is 0.284. The van der Waals surface area contributed by atoms with Gasteiger partial charge in [-0.15, -0.1) is 0 Å². The third kappa shape index (κ3) is 5.57. The molecule has 1 N–H and O–H groups in total. The van der Waals surface area contributed by atoms with Gasteiger partial charge in [-0.1, -0.05) is 29.8 Å². The van der Waals surface area contributed by atoms with E-state index >= 15 is 0 Å². The Morgan fingerprint density at radius 2 is 1.53 bits per heavy atom. The van der Waals surface area contributed by atoms with Crippen molar-refractivity contribution in [3.05, 3.63) is 71.2 Å². The zero-order valence-electron chi connectivity index (χ0n) is 21.2. The fraction of sp³-hybridized carbons (Fsp3) is 0.179. The van der Waals surface area contributed by atoms with Gasteiger partial charge in [0, 0.05) is 16.0 Å². The number of ether oxygens (including phenoxy) is 5. The molecule has 0 fully saturated rings. The number of halogens is 1. The second-order valence-electron chi connectivity index (χ2n) is 7.96. The molecule has 1 aromatic heterocycles. The summed E-state index contributed by atoms with van der Waals surface area (Å²) in [5.74, 6) is 0.487. The maximum Gasteiger partial charge on any atom is 0.339 e. The molecule has 0 atom stereocenters. The van der Waals surface area contributed by atoms with Gasteiger partial charge in [0.25, 0.3) is 5.91 Å². The van der Waals surface area contributed by atoms with E-state index in [4.69, 9.17) is 40.3 Å². The molecule has 0 aliphatic heterocycles. The largest absolute Gasteiger partial charge is 0.495 e. The van der Waals surface area contributed by atoms with Gasteiger partial charge < -0.3 is 29.0 Å².